The molecule has 0 radical (unpaired) electrons. The third-order valence-corrected chi connectivity index (χ3v) is 4.09. The molecule has 0 saturated heterocycles. The average molecular weight is 257 g/mol. The fourth-order valence-corrected chi connectivity index (χ4v) is 2.99. The number of aliphatic imine (C=N–C) groups is 2. The quantitative estimate of drug-likeness (QED) is 0.757. The normalized spacial score (nSPS) is 22.8. The Kier molecular flexibility index (Phi) is 2.96. The number of thiazole rings is 1. The number of hydrogen-bond donors (Lipinski definition) is 0. The van der Waals surface area contributed by atoms with Crippen LogP contribution in [0.25, 0.3) is 5.57 Å². The van der Waals surface area contributed by atoms with Crippen molar-refractivity contribution in [3.05, 3.63) is 33.9 Å². The van der Waals surface area contributed by atoms with Gasteiger partial charge in [0.2, 0.25) is 0 Å². The Morgan fingerprint density at radius 1 is 1.33 bits per heavy atom. The standard InChI is InChI=1S/C14H15N3S/c1-9-12(13-8-18-10(2)17-13)6-5-11-4-3-7-15-14(11)16-9/h3-4,7-8,11H,5-6H2,1-2H3. The van der Waals surface area contributed by atoms with Crippen molar-refractivity contribution in [1.82, 2.24) is 4.98 Å². The van der Waals surface area contributed by atoms with Gasteiger partial charge in [-0.3, -0.25) is 0 Å². The molecule has 2 aliphatic rings. The zero-order chi connectivity index (χ0) is 12.5. The van der Waals surface area contributed by atoms with E-state index >= 15 is 0 Å². The highest BCUT2D eigenvalue weighted by Gasteiger charge is 2.21. The van der Waals surface area contributed by atoms with Gasteiger partial charge in [0, 0.05) is 23.2 Å². The maximum Gasteiger partial charge on any atom is 0.135 e. The number of aromatic nitrogens is 1. The largest absolute Gasteiger partial charge is 0.242 e. The Morgan fingerprint density at radius 2 is 2.22 bits per heavy atom. The lowest BCUT2D eigenvalue weighted by Crippen LogP contribution is -2.11. The van der Waals surface area contributed by atoms with E-state index in [0.29, 0.717) is 5.92 Å². The minimum absolute atomic E-state index is 0.363. The second kappa shape index (κ2) is 4.61. The van der Waals surface area contributed by atoms with E-state index in [1.807, 2.05) is 19.2 Å². The first kappa shape index (κ1) is 11.5. The van der Waals surface area contributed by atoms with Crippen molar-refractivity contribution in [2.45, 2.75) is 26.7 Å². The second-order valence-electron chi connectivity index (χ2n) is 4.59. The first-order valence-corrected chi connectivity index (χ1v) is 7.03. The lowest BCUT2D eigenvalue weighted by molar-refractivity contribution is 0.762. The predicted octanol–water partition coefficient (Wildman–Crippen LogP) is 3.63. The molecule has 4 heteroatoms. The van der Waals surface area contributed by atoms with E-state index in [4.69, 9.17) is 0 Å². The van der Waals surface area contributed by atoms with E-state index in [9.17, 15) is 0 Å². The average Bonchev–Trinajstić information content (AvgIpc) is 2.70. The van der Waals surface area contributed by atoms with Gasteiger partial charge in [-0.1, -0.05) is 6.08 Å². The topological polar surface area (TPSA) is 37.6 Å². The van der Waals surface area contributed by atoms with Crippen molar-refractivity contribution < 1.29 is 0 Å². The highest BCUT2D eigenvalue weighted by molar-refractivity contribution is 7.09. The summed E-state index contributed by atoms with van der Waals surface area (Å²) in [5.74, 6) is 1.30. The van der Waals surface area contributed by atoms with E-state index in [1.165, 1.54) is 5.57 Å². The number of dihydropyridines is 1. The first-order chi connectivity index (χ1) is 8.74. The summed E-state index contributed by atoms with van der Waals surface area (Å²) in [5, 5.41) is 3.24. The summed E-state index contributed by atoms with van der Waals surface area (Å²) in [7, 11) is 0. The lowest BCUT2D eigenvalue weighted by Gasteiger charge is -2.11. The Labute approximate surface area is 111 Å². The van der Waals surface area contributed by atoms with Crippen LogP contribution < -0.4 is 0 Å². The van der Waals surface area contributed by atoms with Gasteiger partial charge in [0.15, 0.2) is 0 Å². The van der Waals surface area contributed by atoms with Crippen LogP contribution in [-0.4, -0.2) is 17.0 Å². The van der Waals surface area contributed by atoms with Crippen LogP contribution in [0, 0.1) is 12.8 Å². The number of amidine groups is 1. The van der Waals surface area contributed by atoms with Gasteiger partial charge in [0.05, 0.1) is 10.7 Å². The number of hydrogen-bond acceptors (Lipinski definition) is 4. The molecule has 3 nitrogen and oxygen atoms in total. The Hall–Kier alpha value is -1.55. The number of fused-ring (bicyclic) bond motifs is 1. The molecule has 1 atom stereocenters. The van der Waals surface area contributed by atoms with Gasteiger partial charge in [-0.05, 0) is 38.3 Å². The second-order valence-corrected chi connectivity index (χ2v) is 5.66. The molecule has 1 aromatic rings. The summed E-state index contributed by atoms with van der Waals surface area (Å²) < 4.78 is 0. The molecule has 1 unspecified atom stereocenters. The summed E-state index contributed by atoms with van der Waals surface area (Å²) in [6, 6.07) is 0. The van der Waals surface area contributed by atoms with Crippen molar-refractivity contribution in [3.63, 3.8) is 0 Å². The van der Waals surface area contributed by atoms with E-state index in [2.05, 4.69) is 33.3 Å². The number of aryl methyl sites for hydroxylation is 1. The van der Waals surface area contributed by atoms with Crippen molar-refractivity contribution in [3.8, 4) is 0 Å². The monoisotopic (exact) mass is 257 g/mol. The van der Waals surface area contributed by atoms with Crippen LogP contribution in [0.15, 0.2) is 33.2 Å². The smallest absolute Gasteiger partial charge is 0.135 e. The zero-order valence-corrected chi connectivity index (χ0v) is 11.4. The van der Waals surface area contributed by atoms with Gasteiger partial charge >= 0.3 is 0 Å². The SMILES string of the molecule is CC1=C(c2csc(C)n2)CCC2C=CC=NC2=N1. The summed E-state index contributed by atoms with van der Waals surface area (Å²) in [4.78, 5) is 13.6. The molecule has 0 aliphatic carbocycles. The van der Waals surface area contributed by atoms with E-state index in [0.717, 1.165) is 35.1 Å². The molecule has 0 fully saturated rings. The maximum absolute atomic E-state index is 4.68. The van der Waals surface area contributed by atoms with E-state index in [1.54, 1.807) is 11.3 Å². The van der Waals surface area contributed by atoms with Crippen molar-refractivity contribution in [1.29, 1.82) is 0 Å². The lowest BCUT2D eigenvalue weighted by atomic mass is 9.97. The van der Waals surface area contributed by atoms with Crippen LogP contribution in [0.5, 0.6) is 0 Å². The minimum atomic E-state index is 0.363. The van der Waals surface area contributed by atoms with Gasteiger partial charge in [0.1, 0.15) is 5.84 Å². The summed E-state index contributed by atoms with van der Waals surface area (Å²) in [5.41, 5.74) is 3.42. The molecule has 1 aromatic heterocycles. The minimum Gasteiger partial charge on any atom is -0.242 e. The molecule has 92 valence electrons. The van der Waals surface area contributed by atoms with Crippen molar-refractivity contribution in [2.24, 2.45) is 15.9 Å². The predicted molar refractivity (Wildman–Crippen MR) is 77.2 cm³/mol. The molecule has 2 aliphatic heterocycles. The zero-order valence-electron chi connectivity index (χ0n) is 10.6. The van der Waals surface area contributed by atoms with Crippen LogP contribution in [0.3, 0.4) is 0 Å². The molecule has 18 heavy (non-hydrogen) atoms. The molecule has 0 N–H and O–H groups in total. The van der Waals surface area contributed by atoms with Crippen LogP contribution in [0.1, 0.15) is 30.5 Å². The van der Waals surface area contributed by atoms with Gasteiger partial charge in [-0.2, -0.15) is 0 Å². The fourth-order valence-electron chi connectivity index (χ4n) is 2.36. The summed E-state index contributed by atoms with van der Waals surface area (Å²) >= 11 is 1.69. The van der Waals surface area contributed by atoms with Crippen LogP contribution in [-0.2, 0) is 0 Å². The summed E-state index contributed by atoms with van der Waals surface area (Å²) in [6.07, 6.45) is 8.11. The third-order valence-electron chi connectivity index (χ3n) is 3.32. The summed E-state index contributed by atoms with van der Waals surface area (Å²) in [6.45, 7) is 4.10. The first-order valence-electron chi connectivity index (χ1n) is 6.16. The molecule has 3 rings (SSSR count). The molecular formula is C14H15N3S. The highest BCUT2D eigenvalue weighted by Crippen LogP contribution is 2.32. The third kappa shape index (κ3) is 2.08. The Morgan fingerprint density at radius 3 is 3.00 bits per heavy atom. The van der Waals surface area contributed by atoms with Crippen molar-refractivity contribution in [2.75, 3.05) is 0 Å². The van der Waals surface area contributed by atoms with Crippen molar-refractivity contribution >= 4 is 29.0 Å². The molecular weight excluding hydrogens is 242 g/mol. The van der Waals surface area contributed by atoms with E-state index in [-0.39, 0.29) is 0 Å². The Bertz CT molecular complexity index is 590. The fraction of sp³-hybridized carbons (Fsp3) is 0.357. The van der Waals surface area contributed by atoms with Gasteiger partial charge < -0.3 is 0 Å². The Balaban J connectivity index is 1.99. The van der Waals surface area contributed by atoms with Gasteiger partial charge in [0.25, 0.3) is 0 Å². The number of allylic oxidation sites excluding steroid dienone is 3. The molecule has 0 bridgehead atoms. The number of nitrogens with zero attached hydrogens (tertiary/aromatic N) is 3. The van der Waals surface area contributed by atoms with Crippen LogP contribution >= 0.6 is 11.3 Å². The molecule has 3 heterocycles. The number of rotatable bonds is 1. The highest BCUT2D eigenvalue weighted by atomic mass is 32.1. The molecule has 0 saturated carbocycles. The maximum atomic E-state index is 4.68. The van der Waals surface area contributed by atoms with Crippen LogP contribution in [0.4, 0.5) is 0 Å². The van der Waals surface area contributed by atoms with Crippen LogP contribution in [0.2, 0.25) is 0 Å². The van der Waals surface area contributed by atoms with Gasteiger partial charge in [-0.15, -0.1) is 11.3 Å². The molecule has 0 aromatic carbocycles. The van der Waals surface area contributed by atoms with E-state index < -0.39 is 0 Å². The van der Waals surface area contributed by atoms with Gasteiger partial charge in [-0.25, -0.2) is 15.0 Å². The molecule has 0 spiro atoms. The molecule has 0 amide bonds.